The molecule has 1 amide bonds. The van der Waals surface area contributed by atoms with Gasteiger partial charge in [0.05, 0.1) is 17.8 Å². The number of sulfone groups is 1. The van der Waals surface area contributed by atoms with Crippen LogP contribution in [0.15, 0.2) is 48.7 Å². The number of benzene rings is 2. The largest absolute Gasteiger partial charge is 0.389 e. The number of aryl methyl sites for hydroxylation is 1. The average Bonchev–Trinajstić information content (AvgIpc) is 3.17. The first-order valence-electron chi connectivity index (χ1n) is 9.95. The Kier molecular flexibility index (Phi) is 8.27. The third kappa shape index (κ3) is 5.72. The van der Waals surface area contributed by atoms with Gasteiger partial charge in [0.1, 0.15) is 0 Å². The number of aromatic nitrogens is 2. The van der Waals surface area contributed by atoms with Gasteiger partial charge in [0, 0.05) is 29.3 Å². The number of carbonyl (C=O) groups excluding carboxylic acids is 1. The Hall–Kier alpha value is -2.90. The van der Waals surface area contributed by atoms with Crippen LogP contribution in [-0.2, 0) is 21.2 Å². The first kappa shape index (κ1) is 26.4. The van der Waals surface area contributed by atoms with Crippen LogP contribution in [0.5, 0.6) is 0 Å². The Morgan fingerprint density at radius 1 is 1.18 bits per heavy atom. The van der Waals surface area contributed by atoms with Gasteiger partial charge >= 0.3 is 0 Å². The van der Waals surface area contributed by atoms with Gasteiger partial charge in [-0.05, 0) is 56.2 Å². The van der Waals surface area contributed by atoms with Crippen LogP contribution in [0, 0.1) is 11.8 Å². The zero-order valence-corrected chi connectivity index (χ0v) is 20.1. The summed E-state index contributed by atoms with van der Waals surface area (Å²) in [5.74, 6) is 5.21. The maximum absolute atomic E-state index is 12.1. The van der Waals surface area contributed by atoms with Crippen LogP contribution in [0.4, 0.5) is 0 Å². The third-order valence-electron chi connectivity index (χ3n) is 5.59. The van der Waals surface area contributed by atoms with Gasteiger partial charge in [-0.15, -0.1) is 12.4 Å². The predicted octanol–water partition coefficient (Wildman–Crippen LogP) is 2.61. The fourth-order valence-electron chi connectivity index (χ4n) is 3.24. The number of aliphatic hydroxyl groups is 1. The summed E-state index contributed by atoms with van der Waals surface area (Å²) >= 11 is 0. The minimum absolute atomic E-state index is 0. The van der Waals surface area contributed by atoms with E-state index in [4.69, 9.17) is 5.21 Å². The molecule has 0 radical (unpaired) electrons. The number of amides is 1. The van der Waals surface area contributed by atoms with Gasteiger partial charge in [-0.25, -0.2) is 13.9 Å². The minimum atomic E-state index is -3.78. The highest BCUT2D eigenvalue weighted by Crippen LogP contribution is 2.24. The molecule has 0 saturated heterocycles. The number of hydrogen-bond acceptors (Lipinski definition) is 6. The lowest BCUT2D eigenvalue weighted by molar-refractivity contribution is -0.131. The van der Waals surface area contributed by atoms with E-state index in [1.165, 1.54) is 12.4 Å². The van der Waals surface area contributed by atoms with E-state index in [2.05, 4.69) is 16.9 Å². The predicted molar refractivity (Wildman–Crippen MR) is 128 cm³/mol. The van der Waals surface area contributed by atoms with Crippen LogP contribution in [-0.4, -0.2) is 45.4 Å². The van der Waals surface area contributed by atoms with Gasteiger partial charge in [-0.1, -0.05) is 24.0 Å². The number of nitrogens with one attached hydrogen (secondary N) is 1. The van der Waals surface area contributed by atoms with E-state index in [0.717, 1.165) is 33.8 Å². The number of carbonyl (C=O) groups is 1. The van der Waals surface area contributed by atoms with Crippen LogP contribution in [0.2, 0.25) is 0 Å². The van der Waals surface area contributed by atoms with E-state index in [1.807, 2.05) is 42.5 Å². The smallest absolute Gasteiger partial charge is 0.264 e. The van der Waals surface area contributed by atoms with Gasteiger partial charge in [0.25, 0.3) is 5.91 Å². The molecule has 2 aromatic carbocycles. The Labute approximate surface area is 198 Å². The van der Waals surface area contributed by atoms with Crippen molar-refractivity contribution in [1.29, 1.82) is 0 Å². The SMILES string of the molecule is C[C@@H](O)c1ccc(C#Cc2ccc3c(cnn3CC[C@](C)(C(=O)NO)S(C)(=O)=O)c2)cc1.Cl. The van der Waals surface area contributed by atoms with Gasteiger partial charge in [0.15, 0.2) is 14.6 Å². The van der Waals surface area contributed by atoms with Crippen molar-refractivity contribution in [1.82, 2.24) is 15.3 Å². The Morgan fingerprint density at radius 2 is 1.79 bits per heavy atom. The molecule has 0 unspecified atom stereocenters. The van der Waals surface area contributed by atoms with Crippen molar-refractivity contribution >= 4 is 39.1 Å². The zero-order chi connectivity index (χ0) is 23.5. The number of aliphatic hydroxyl groups excluding tert-OH is 1. The molecule has 2 atom stereocenters. The summed E-state index contributed by atoms with van der Waals surface area (Å²) in [6.07, 6.45) is 2.04. The van der Waals surface area contributed by atoms with Crippen molar-refractivity contribution in [3.8, 4) is 11.8 Å². The highest BCUT2D eigenvalue weighted by molar-refractivity contribution is 7.92. The fraction of sp³-hybridized carbons (Fsp3) is 0.304. The van der Waals surface area contributed by atoms with Crippen LogP contribution in [0.25, 0.3) is 10.9 Å². The quantitative estimate of drug-likeness (QED) is 0.277. The lowest BCUT2D eigenvalue weighted by Crippen LogP contribution is -2.49. The standard InChI is InChI=1S/C23H25N3O5S.ClH/c1-16(27)19-9-6-17(7-10-19)4-5-18-8-11-21-20(14-18)15-24-26(21)13-12-23(2,22(28)25-29)32(3,30)31;/h6-11,14-16,27,29H,12-13H2,1-3H3,(H,25,28);1H/t16-,23-;/m1./s1. The van der Waals surface area contributed by atoms with Crippen LogP contribution in [0.1, 0.15) is 43.1 Å². The summed E-state index contributed by atoms with van der Waals surface area (Å²) < 4.78 is 24.1. The Bertz CT molecular complexity index is 1310. The molecule has 1 aromatic heterocycles. The summed E-state index contributed by atoms with van der Waals surface area (Å²) in [6.45, 7) is 3.15. The maximum atomic E-state index is 12.1. The molecule has 1 heterocycles. The first-order chi connectivity index (χ1) is 15.0. The second kappa shape index (κ2) is 10.4. The molecule has 3 aromatic rings. The molecule has 3 rings (SSSR count). The highest BCUT2D eigenvalue weighted by atomic mass is 35.5. The number of fused-ring (bicyclic) bond motifs is 1. The Morgan fingerprint density at radius 3 is 2.36 bits per heavy atom. The molecule has 0 aliphatic carbocycles. The number of rotatable bonds is 6. The monoisotopic (exact) mass is 491 g/mol. The fourth-order valence-corrected chi connectivity index (χ4v) is 4.08. The zero-order valence-electron chi connectivity index (χ0n) is 18.4. The normalized spacial score (nSPS) is 13.8. The van der Waals surface area contributed by atoms with Crippen molar-refractivity contribution in [3.63, 3.8) is 0 Å². The molecular weight excluding hydrogens is 466 g/mol. The number of hydrogen-bond donors (Lipinski definition) is 3. The summed E-state index contributed by atoms with van der Waals surface area (Å²) in [5.41, 5.74) is 4.66. The van der Waals surface area contributed by atoms with Crippen molar-refractivity contribution in [2.24, 2.45) is 0 Å². The minimum Gasteiger partial charge on any atom is -0.389 e. The van der Waals surface area contributed by atoms with E-state index < -0.39 is 26.6 Å². The van der Waals surface area contributed by atoms with Gasteiger partial charge in [0.2, 0.25) is 0 Å². The highest BCUT2D eigenvalue weighted by Gasteiger charge is 2.43. The summed E-state index contributed by atoms with van der Waals surface area (Å²) in [6, 6.07) is 12.9. The molecule has 0 fully saturated rings. The van der Waals surface area contributed by atoms with Crippen LogP contribution >= 0.6 is 12.4 Å². The molecule has 0 saturated carbocycles. The molecule has 33 heavy (non-hydrogen) atoms. The van der Waals surface area contributed by atoms with Crippen molar-refractivity contribution in [2.75, 3.05) is 6.26 Å². The van der Waals surface area contributed by atoms with E-state index >= 15 is 0 Å². The molecule has 0 aliphatic heterocycles. The van der Waals surface area contributed by atoms with Crippen molar-refractivity contribution in [2.45, 2.75) is 37.7 Å². The third-order valence-corrected chi connectivity index (χ3v) is 7.61. The van der Waals surface area contributed by atoms with Gasteiger partial charge in [-0.2, -0.15) is 5.10 Å². The van der Waals surface area contributed by atoms with E-state index in [9.17, 15) is 18.3 Å². The number of hydroxylamine groups is 1. The average molecular weight is 492 g/mol. The van der Waals surface area contributed by atoms with E-state index in [1.54, 1.807) is 17.8 Å². The van der Waals surface area contributed by atoms with Crippen molar-refractivity contribution in [3.05, 3.63) is 65.4 Å². The molecular formula is C23H26ClN3O5S. The van der Waals surface area contributed by atoms with Gasteiger partial charge < -0.3 is 5.11 Å². The van der Waals surface area contributed by atoms with Gasteiger partial charge in [-0.3, -0.25) is 14.7 Å². The maximum Gasteiger partial charge on any atom is 0.264 e. The second-order valence-electron chi connectivity index (χ2n) is 7.88. The first-order valence-corrected chi connectivity index (χ1v) is 11.8. The molecule has 3 N–H and O–H groups in total. The molecule has 0 spiro atoms. The molecule has 10 heteroatoms. The molecule has 0 aliphatic rings. The number of nitrogens with zero attached hydrogens (tertiary/aromatic N) is 2. The summed E-state index contributed by atoms with van der Waals surface area (Å²) in [4.78, 5) is 12.0. The lowest BCUT2D eigenvalue weighted by Gasteiger charge is -2.25. The molecule has 176 valence electrons. The molecule has 8 nitrogen and oxygen atoms in total. The summed E-state index contributed by atoms with van der Waals surface area (Å²) in [5, 5.41) is 23.7. The molecule has 0 bridgehead atoms. The Balaban J connectivity index is 0.00000385. The van der Waals surface area contributed by atoms with Crippen LogP contribution < -0.4 is 5.48 Å². The van der Waals surface area contributed by atoms with Crippen molar-refractivity contribution < 1.29 is 23.5 Å². The van der Waals surface area contributed by atoms with E-state index in [0.29, 0.717) is 0 Å². The topological polar surface area (TPSA) is 122 Å². The van der Waals surface area contributed by atoms with E-state index in [-0.39, 0.29) is 25.4 Å². The van der Waals surface area contributed by atoms with Crippen LogP contribution in [0.3, 0.4) is 0 Å². The second-order valence-corrected chi connectivity index (χ2v) is 10.3. The lowest BCUT2D eigenvalue weighted by atomic mass is 10.1. The summed E-state index contributed by atoms with van der Waals surface area (Å²) in [7, 11) is -3.78. The number of halogens is 1.